The van der Waals surface area contributed by atoms with E-state index in [0.29, 0.717) is 24.4 Å². The van der Waals surface area contributed by atoms with Gasteiger partial charge < -0.3 is 15.5 Å². The lowest BCUT2D eigenvalue weighted by atomic mass is 9.94. The van der Waals surface area contributed by atoms with Crippen LogP contribution in [0, 0.1) is 17.8 Å². The van der Waals surface area contributed by atoms with Gasteiger partial charge in [0.15, 0.2) is 0 Å². The molecule has 100 valence electrons. The van der Waals surface area contributed by atoms with E-state index in [4.69, 9.17) is 5.73 Å². The Balaban J connectivity index is 2.66. The molecule has 0 aromatic rings. The first-order valence-corrected chi connectivity index (χ1v) is 6.53. The third-order valence-corrected chi connectivity index (χ3v) is 3.92. The van der Waals surface area contributed by atoms with E-state index in [9.17, 15) is 4.79 Å². The molecule has 3 atom stereocenters. The normalized spacial score (nSPS) is 26.9. The van der Waals surface area contributed by atoms with E-state index < -0.39 is 0 Å². The summed E-state index contributed by atoms with van der Waals surface area (Å²) in [6.45, 7) is 8.51. The molecule has 0 spiro atoms. The van der Waals surface area contributed by atoms with E-state index in [0.717, 1.165) is 13.1 Å². The Morgan fingerprint density at radius 1 is 1.41 bits per heavy atom. The van der Waals surface area contributed by atoms with Crippen LogP contribution in [0.2, 0.25) is 0 Å². The van der Waals surface area contributed by atoms with Gasteiger partial charge in [-0.2, -0.15) is 0 Å². The molecule has 1 aliphatic rings. The Bertz CT molecular complexity index is 265. The Hall–Kier alpha value is -0.610. The van der Waals surface area contributed by atoms with Crippen molar-refractivity contribution in [2.24, 2.45) is 23.5 Å². The van der Waals surface area contributed by atoms with Crippen molar-refractivity contribution in [3.8, 4) is 0 Å². The summed E-state index contributed by atoms with van der Waals surface area (Å²) < 4.78 is 0. The summed E-state index contributed by atoms with van der Waals surface area (Å²) >= 11 is 0. The Morgan fingerprint density at radius 2 is 2.00 bits per heavy atom. The lowest BCUT2D eigenvalue weighted by molar-refractivity contribution is -0.135. The molecule has 0 radical (unpaired) electrons. The van der Waals surface area contributed by atoms with Crippen LogP contribution in [0.5, 0.6) is 0 Å². The van der Waals surface area contributed by atoms with Crippen molar-refractivity contribution in [2.45, 2.75) is 26.8 Å². The monoisotopic (exact) mass is 241 g/mol. The molecular weight excluding hydrogens is 214 g/mol. The van der Waals surface area contributed by atoms with Crippen LogP contribution >= 0.6 is 0 Å². The van der Waals surface area contributed by atoms with Crippen molar-refractivity contribution in [1.82, 2.24) is 9.80 Å². The molecule has 1 saturated heterocycles. The molecule has 17 heavy (non-hydrogen) atoms. The molecule has 1 rings (SSSR count). The SMILES string of the molecule is CC(C)C(CN)C(=O)N1CC(C)C(N(C)C)C1. The highest BCUT2D eigenvalue weighted by Gasteiger charge is 2.36. The van der Waals surface area contributed by atoms with Crippen LogP contribution in [-0.2, 0) is 4.79 Å². The maximum atomic E-state index is 12.4. The van der Waals surface area contributed by atoms with Crippen molar-refractivity contribution in [1.29, 1.82) is 0 Å². The lowest BCUT2D eigenvalue weighted by Crippen LogP contribution is -2.41. The van der Waals surface area contributed by atoms with Gasteiger partial charge in [0.05, 0.1) is 5.92 Å². The number of carbonyl (C=O) groups excluding carboxylic acids is 1. The zero-order chi connectivity index (χ0) is 13.2. The van der Waals surface area contributed by atoms with Gasteiger partial charge in [-0.3, -0.25) is 4.79 Å². The molecular formula is C13H27N3O. The molecule has 0 aliphatic carbocycles. The van der Waals surface area contributed by atoms with E-state index in [1.165, 1.54) is 0 Å². The summed E-state index contributed by atoms with van der Waals surface area (Å²) in [5.41, 5.74) is 5.71. The van der Waals surface area contributed by atoms with Crippen LogP contribution < -0.4 is 5.73 Å². The van der Waals surface area contributed by atoms with Gasteiger partial charge in [0.2, 0.25) is 5.91 Å². The average Bonchev–Trinajstić information content (AvgIpc) is 2.60. The average molecular weight is 241 g/mol. The van der Waals surface area contributed by atoms with Crippen LogP contribution in [-0.4, -0.2) is 55.5 Å². The number of likely N-dealkylation sites (tertiary alicyclic amines) is 1. The predicted octanol–water partition coefficient (Wildman–Crippen LogP) is 0.626. The zero-order valence-corrected chi connectivity index (χ0v) is 11.8. The molecule has 2 N–H and O–H groups in total. The number of nitrogens with two attached hydrogens (primary N) is 1. The van der Waals surface area contributed by atoms with E-state index in [1.54, 1.807) is 0 Å². The van der Waals surface area contributed by atoms with Crippen molar-refractivity contribution < 1.29 is 4.79 Å². The second-order valence-electron chi connectivity index (χ2n) is 5.84. The van der Waals surface area contributed by atoms with E-state index in [1.807, 2.05) is 4.90 Å². The summed E-state index contributed by atoms with van der Waals surface area (Å²) in [4.78, 5) is 16.6. The number of carbonyl (C=O) groups is 1. The maximum absolute atomic E-state index is 12.4. The van der Waals surface area contributed by atoms with Crippen LogP contribution in [0.1, 0.15) is 20.8 Å². The second-order valence-corrected chi connectivity index (χ2v) is 5.84. The number of hydrogen-bond acceptors (Lipinski definition) is 3. The van der Waals surface area contributed by atoms with Crippen molar-refractivity contribution in [3.05, 3.63) is 0 Å². The number of rotatable bonds is 4. The first-order valence-electron chi connectivity index (χ1n) is 6.53. The summed E-state index contributed by atoms with van der Waals surface area (Å²) in [6.07, 6.45) is 0. The van der Waals surface area contributed by atoms with Crippen LogP contribution in [0.3, 0.4) is 0 Å². The molecule has 1 fully saturated rings. The molecule has 1 amide bonds. The Morgan fingerprint density at radius 3 is 2.35 bits per heavy atom. The summed E-state index contributed by atoms with van der Waals surface area (Å²) in [5.74, 6) is 1.07. The van der Waals surface area contributed by atoms with Crippen LogP contribution in [0.15, 0.2) is 0 Å². The minimum atomic E-state index is -0.0249. The van der Waals surface area contributed by atoms with Crippen molar-refractivity contribution in [3.63, 3.8) is 0 Å². The molecule has 4 heteroatoms. The third-order valence-electron chi connectivity index (χ3n) is 3.92. The summed E-state index contributed by atoms with van der Waals surface area (Å²) in [7, 11) is 4.16. The van der Waals surface area contributed by atoms with E-state index in [-0.39, 0.29) is 11.8 Å². The van der Waals surface area contributed by atoms with Gasteiger partial charge in [0.1, 0.15) is 0 Å². The summed E-state index contributed by atoms with van der Waals surface area (Å²) in [6, 6.07) is 0.476. The van der Waals surface area contributed by atoms with Crippen LogP contribution in [0.25, 0.3) is 0 Å². The van der Waals surface area contributed by atoms with Gasteiger partial charge in [0.25, 0.3) is 0 Å². The minimum absolute atomic E-state index is 0.0249. The highest BCUT2D eigenvalue weighted by atomic mass is 16.2. The molecule has 4 nitrogen and oxygen atoms in total. The summed E-state index contributed by atoms with van der Waals surface area (Å²) in [5, 5.41) is 0. The first-order chi connectivity index (χ1) is 7.88. The first kappa shape index (κ1) is 14.5. The largest absolute Gasteiger partial charge is 0.341 e. The lowest BCUT2D eigenvalue weighted by Gasteiger charge is -2.26. The van der Waals surface area contributed by atoms with Gasteiger partial charge in [-0.05, 0) is 25.9 Å². The Labute approximate surface area is 105 Å². The quantitative estimate of drug-likeness (QED) is 0.785. The van der Waals surface area contributed by atoms with Crippen LogP contribution in [0.4, 0.5) is 0 Å². The van der Waals surface area contributed by atoms with Gasteiger partial charge in [-0.1, -0.05) is 20.8 Å². The molecule has 1 aliphatic heterocycles. The van der Waals surface area contributed by atoms with Crippen molar-refractivity contribution in [2.75, 3.05) is 33.7 Å². The fraction of sp³-hybridized carbons (Fsp3) is 0.923. The predicted molar refractivity (Wildman–Crippen MR) is 70.6 cm³/mol. The number of nitrogens with zero attached hydrogens (tertiary/aromatic N) is 2. The number of likely N-dealkylation sites (N-methyl/N-ethyl adjacent to an activating group) is 1. The van der Waals surface area contributed by atoms with Gasteiger partial charge >= 0.3 is 0 Å². The fourth-order valence-corrected chi connectivity index (χ4v) is 2.69. The van der Waals surface area contributed by atoms with Gasteiger partial charge in [0, 0.05) is 25.7 Å². The zero-order valence-electron chi connectivity index (χ0n) is 11.8. The highest BCUT2D eigenvalue weighted by molar-refractivity contribution is 5.79. The number of hydrogen-bond donors (Lipinski definition) is 1. The molecule has 0 aromatic carbocycles. The highest BCUT2D eigenvalue weighted by Crippen LogP contribution is 2.23. The topological polar surface area (TPSA) is 49.6 Å². The maximum Gasteiger partial charge on any atom is 0.227 e. The standard InChI is InChI=1S/C13H27N3O/c1-9(2)11(6-14)13(17)16-7-10(3)12(8-16)15(4)5/h9-12H,6-8,14H2,1-5H3. The molecule has 0 bridgehead atoms. The van der Waals surface area contributed by atoms with Gasteiger partial charge in [-0.25, -0.2) is 0 Å². The molecule has 0 aromatic heterocycles. The molecule has 3 unspecified atom stereocenters. The molecule has 1 heterocycles. The Kier molecular flexibility index (Phi) is 4.95. The van der Waals surface area contributed by atoms with E-state index >= 15 is 0 Å². The molecule has 0 saturated carbocycles. The van der Waals surface area contributed by atoms with Crippen molar-refractivity contribution >= 4 is 5.91 Å². The minimum Gasteiger partial charge on any atom is -0.341 e. The van der Waals surface area contributed by atoms with Gasteiger partial charge in [-0.15, -0.1) is 0 Å². The smallest absolute Gasteiger partial charge is 0.227 e. The second kappa shape index (κ2) is 5.83. The third kappa shape index (κ3) is 3.19. The fourth-order valence-electron chi connectivity index (χ4n) is 2.69. The number of amides is 1. The van der Waals surface area contributed by atoms with E-state index in [2.05, 4.69) is 39.8 Å².